The molecule has 1 N–H and O–H groups in total. The Morgan fingerprint density at radius 1 is 1.53 bits per heavy atom. The summed E-state index contributed by atoms with van der Waals surface area (Å²) in [5.41, 5.74) is 1.32. The maximum Gasteiger partial charge on any atom is 0.356 e. The monoisotopic (exact) mass is 280 g/mol. The van der Waals surface area contributed by atoms with E-state index in [2.05, 4.69) is 4.98 Å². The summed E-state index contributed by atoms with van der Waals surface area (Å²) in [5.74, 6) is -1.40. The third kappa shape index (κ3) is 2.78. The first-order valence-corrected chi connectivity index (χ1v) is 6.82. The zero-order valence-corrected chi connectivity index (χ0v) is 11.4. The van der Waals surface area contributed by atoms with E-state index in [4.69, 9.17) is 0 Å². The number of nitrogens with zero attached hydrogens (tertiary/aromatic N) is 2. The van der Waals surface area contributed by atoms with Gasteiger partial charge in [-0.25, -0.2) is 14.2 Å². The molecule has 0 aliphatic heterocycles. The van der Waals surface area contributed by atoms with Gasteiger partial charge in [0.1, 0.15) is 5.82 Å². The minimum atomic E-state index is -1.07. The smallest absolute Gasteiger partial charge is 0.356 e. The molecule has 0 unspecified atom stereocenters. The van der Waals surface area contributed by atoms with Crippen LogP contribution in [-0.2, 0) is 13.5 Å². The molecule has 100 valence electrons. The molecule has 19 heavy (non-hydrogen) atoms. The van der Waals surface area contributed by atoms with Crippen LogP contribution in [0.4, 0.5) is 4.39 Å². The van der Waals surface area contributed by atoms with E-state index in [1.54, 1.807) is 23.7 Å². The number of carbonyl (C=O) groups is 1. The van der Waals surface area contributed by atoms with Crippen LogP contribution >= 0.6 is 11.8 Å². The summed E-state index contributed by atoms with van der Waals surface area (Å²) >= 11 is 1.38. The van der Waals surface area contributed by atoms with Gasteiger partial charge in [-0.1, -0.05) is 23.9 Å². The van der Waals surface area contributed by atoms with Gasteiger partial charge in [-0.05, 0) is 24.0 Å². The Bertz CT molecular complexity index is 625. The van der Waals surface area contributed by atoms with Crippen LogP contribution in [0, 0.1) is 5.82 Å². The van der Waals surface area contributed by atoms with Crippen LogP contribution in [0.5, 0.6) is 0 Å². The molecule has 0 saturated heterocycles. The van der Waals surface area contributed by atoms with E-state index in [1.165, 1.54) is 23.9 Å². The zero-order chi connectivity index (χ0) is 14.0. The average Bonchev–Trinajstić information content (AvgIpc) is 2.67. The van der Waals surface area contributed by atoms with Crippen molar-refractivity contribution < 1.29 is 14.3 Å². The van der Waals surface area contributed by atoms with Crippen molar-refractivity contribution in [3.05, 3.63) is 47.0 Å². The molecule has 4 nitrogen and oxygen atoms in total. The summed E-state index contributed by atoms with van der Waals surface area (Å²) in [4.78, 5) is 15.3. The van der Waals surface area contributed by atoms with Gasteiger partial charge in [0.15, 0.2) is 10.9 Å². The molecule has 1 aromatic carbocycles. The molecule has 0 amide bonds. The third-order valence-electron chi connectivity index (χ3n) is 2.82. The fraction of sp³-hybridized carbons (Fsp3) is 0.231. The lowest BCUT2D eigenvalue weighted by Crippen LogP contribution is -2.06. The average molecular weight is 280 g/mol. The number of hydrogen-bond acceptors (Lipinski definition) is 3. The zero-order valence-electron chi connectivity index (χ0n) is 10.6. The van der Waals surface area contributed by atoms with Crippen LogP contribution in [0.3, 0.4) is 0 Å². The Kier molecular flexibility index (Phi) is 3.90. The summed E-state index contributed by atoms with van der Waals surface area (Å²) in [7, 11) is 1.76. The fourth-order valence-corrected chi connectivity index (χ4v) is 2.47. The number of aromatic carboxylic acids is 1. The standard InChI is InChI=1S/C13H13FN2O2S/c1-16-10(7-8-4-3-5-9(14)6-8)11(12(17)18)15-13(16)19-2/h3-6H,7H2,1-2H3,(H,17,18). The molecule has 1 heterocycles. The van der Waals surface area contributed by atoms with Crippen LogP contribution in [0.15, 0.2) is 29.4 Å². The number of thioether (sulfide) groups is 1. The number of hydrogen-bond donors (Lipinski definition) is 1. The highest BCUT2D eigenvalue weighted by atomic mass is 32.2. The second-order valence-corrected chi connectivity index (χ2v) is 4.84. The number of imidazole rings is 1. The maximum atomic E-state index is 13.2. The molecule has 6 heteroatoms. The largest absolute Gasteiger partial charge is 0.476 e. The molecule has 0 radical (unpaired) electrons. The summed E-state index contributed by atoms with van der Waals surface area (Å²) in [6.45, 7) is 0. The van der Waals surface area contributed by atoms with E-state index >= 15 is 0 Å². The highest BCUT2D eigenvalue weighted by Crippen LogP contribution is 2.21. The highest BCUT2D eigenvalue weighted by molar-refractivity contribution is 7.98. The molecular formula is C13H13FN2O2S. The molecule has 0 spiro atoms. The minimum Gasteiger partial charge on any atom is -0.476 e. The van der Waals surface area contributed by atoms with Crippen molar-refractivity contribution >= 4 is 17.7 Å². The van der Waals surface area contributed by atoms with Crippen molar-refractivity contribution in [3.8, 4) is 0 Å². The molecule has 0 aliphatic rings. The van der Waals surface area contributed by atoms with Crippen molar-refractivity contribution in [1.82, 2.24) is 9.55 Å². The first-order valence-electron chi connectivity index (χ1n) is 5.60. The molecule has 0 saturated carbocycles. The highest BCUT2D eigenvalue weighted by Gasteiger charge is 2.19. The Morgan fingerprint density at radius 3 is 2.84 bits per heavy atom. The lowest BCUT2D eigenvalue weighted by atomic mass is 10.1. The molecule has 0 bridgehead atoms. The molecule has 0 aliphatic carbocycles. The Labute approximate surface area is 114 Å². The molecule has 2 aromatic rings. The van der Waals surface area contributed by atoms with Gasteiger partial charge in [0.25, 0.3) is 0 Å². The van der Waals surface area contributed by atoms with Gasteiger partial charge < -0.3 is 9.67 Å². The topological polar surface area (TPSA) is 55.1 Å². The second-order valence-electron chi connectivity index (χ2n) is 4.06. The van der Waals surface area contributed by atoms with Crippen molar-refractivity contribution in [2.45, 2.75) is 11.6 Å². The third-order valence-corrected chi connectivity index (χ3v) is 3.55. The van der Waals surface area contributed by atoms with Crippen LogP contribution in [0.2, 0.25) is 0 Å². The Morgan fingerprint density at radius 2 is 2.26 bits per heavy atom. The van der Waals surface area contributed by atoms with Crippen molar-refractivity contribution in [1.29, 1.82) is 0 Å². The second kappa shape index (κ2) is 5.44. The van der Waals surface area contributed by atoms with Crippen LogP contribution in [0.25, 0.3) is 0 Å². The minimum absolute atomic E-state index is 0.0242. The van der Waals surface area contributed by atoms with Gasteiger partial charge in [-0.3, -0.25) is 0 Å². The van der Waals surface area contributed by atoms with E-state index in [0.717, 1.165) is 5.56 Å². The Balaban J connectivity index is 2.44. The predicted molar refractivity (Wildman–Crippen MR) is 71.2 cm³/mol. The van der Waals surface area contributed by atoms with Gasteiger partial charge >= 0.3 is 5.97 Å². The van der Waals surface area contributed by atoms with Gasteiger partial charge in [0, 0.05) is 13.5 Å². The molecular weight excluding hydrogens is 267 g/mol. The van der Waals surface area contributed by atoms with Gasteiger partial charge in [0.05, 0.1) is 5.69 Å². The van der Waals surface area contributed by atoms with Crippen molar-refractivity contribution in [3.63, 3.8) is 0 Å². The number of aromatic nitrogens is 2. The summed E-state index contributed by atoms with van der Waals surface area (Å²) in [5, 5.41) is 9.80. The summed E-state index contributed by atoms with van der Waals surface area (Å²) in [6.07, 6.45) is 2.17. The molecule has 2 rings (SSSR count). The number of carboxylic acid groups (broad SMARTS) is 1. The SMILES string of the molecule is CSc1nc(C(=O)O)c(Cc2cccc(F)c2)n1C. The number of benzene rings is 1. The molecule has 1 aromatic heterocycles. The number of carboxylic acids is 1. The van der Waals surface area contributed by atoms with Crippen LogP contribution in [-0.4, -0.2) is 26.9 Å². The summed E-state index contributed by atoms with van der Waals surface area (Å²) in [6, 6.07) is 6.13. The molecule has 0 fully saturated rings. The van der Waals surface area contributed by atoms with Gasteiger partial charge in [-0.15, -0.1) is 0 Å². The van der Waals surface area contributed by atoms with E-state index in [0.29, 0.717) is 17.3 Å². The summed E-state index contributed by atoms with van der Waals surface area (Å²) < 4.78 is 14.9. The molecule has 0 atom stereocenters. The maximum absolute atomic E-state index is 13.2. The van der Waals surface area contributed by atoms with Crippen LogP contribution in [0.1, 0.15) is 21.7 Å². The van der Waals surface area contributed by atoms with E-state index < -0.39 is 5.97 Å². The first-order chi connectivity index (χ1) is 9.02. The van der Waals surface area contributed by atoms with E-state index in [1.807, 2.05) is 6.26 Å². The van der Waals surface area contributed by atoms with Gasteiger partial charge in [0.2, 0.25) is 0 Å². The van der Waals surface area contributed by atoms with Gasteiger partial charge in [-0.2, -0.15) is 0 Å². The van der Waals surface area contributed by atoms with Crippen molar-refractivity contribution in [2.24, 2.45) is 7.05 Å². The first kappa shape index (κ1) is 13.6. The number of halogens is 1. The van der Waals surface area contributed by atoms with Crippen molar-refractivity contribution in [2.75, 3.05) is 6.26 Å². The Hall–Kier alpha value is -1.82. The number of rotatable bonds is 4. The van der Waals surface area contributed by atoms with E-state index in [-0.39, 0.29) is 11.5 Å². The van der Waals surface area contributed by atoms with Crippen LogP contribution < -0.4 is 0 Å². The quantitative estimate of drug-likeness (QED) is 0.875. The predicted octanol–water partition coefficient (Wildman–Crippen LogP) is 2.57. The van der Waals surface area contributed by atoms with E-state index in [9.17, 15) is 14.3 Å². The lowest BCUT2D eigenvalue weighted by molar-refractivity contribution is 0.0689. The fourth-order valence-electron chi connectivity index (χ4n) is 1.91. The lowest BCUT2D eigenvalue weighted by Gasteiger charge is -2.05. The normalized spacial score (nSPS) is 10.7.